The summed E-state index contributed by atoms with van der Waals surface area (Å²) in [6, 6.07) is 10.1. The molecule has 4 heteroatoms. The van der Waals surface area contributed by atoms with Gasteiger partial charge in [0.05, 0.1) is 24.4 Å². The topological polar surface area (TPSA) is 34.4 Å². The zero-order chi connectivity index (χ0) is 13.0. The molecule has 2 rings (SSSR count). The van der Waals surface area contributed by atoms with Crippen LogP contribution in [0.4, 0.5) is 0 Å². The first-order valence-electron chi connectivity index (χ1n) is 5.80. The van der Waals surface area contributed by atoms with Crippen molar-refractivity contribution in [1.82, 2.24) is 5.32 Å². The number of methoxy groups -OCH3 is 1. The van der Waals surface area contributed by atoms with Gasteiger partial charge in [0.25, 0.3) is 0 Å². The molecule has 1 N–H and O–H groups in total. The summed E-state index contributed by atoms with van der Waals surface area (Å²) < 4.78 is 11.7. The van der Waals surface area contributed by atoms with Crippen molar-refractivity contribution in [1.29, 1.82) is 0 Å². The second-order valence-corrected chi connectivity index (χ2v) is 4.89. The molecule has 0 aliphatic heterocycles. The predicted molar refractivity (Wildman–Crippen MR) is 74.7 cm³/mol. The Hall–Kier alpha value is -1.26. The molecule has 3 nitrogen and oxygen atoms in total. The molecule has 0 spiro atoms. The van der Waals surface area contributed by atoms with Crippen molar-refractivity contribution >= 4 is 15.9 Å². The molecule has 0 radical (unpaired) electrons. The SMILES string of the molecule is COc1ccccc1C(C)NCc1occc1Br. The first-order chi connectivity index (χ1) is 8.72. The van der Waals surface area contributed by atoms with E-state index in [0.717, 1.165) is 21.5 Å². The Morgan fingerprint density at radius 3 is 2.78 bits per heavy atom. The monoisotopic (exact) mass is 309 g/mol. The van der Waals surface area contributed by atoms with E-state index in [1.807, 2.05) is 24.3 Å². The Morgan fingerprint density at radius 1 is 1.33 bits per heavy atom. The number of hydrogen-bond donors (Lipinski definition) is 1. The number of nitrogens with one attached hydrogen (secondary N) is 1. The Balaban J connectivity index is 2.03. The summed E-state index contributed by atoms with van der Waals surface area (Å²) in [5, 5.41) is 3.41. The summed E-state index contributed by atoms with van der Waals surface area (Å²) >= 11 is 3.44. The van der Waals surface area contributed by atoms with Crippen LogP contribution < -0.4 is 10.1 Å². The number of para-hydroxylation sites is 1. The normalized spacial score (nSPS) is 12.4. The van der Waals surface area contributed by atoms with Crippen LogP contribution in [0, 0.1) is 0 Å². The minimum Gasteiger partial charge on any atom is -0.496 e. The van der Waals surface area contributed by atoms with Crippen LogP contribution in [0.1, 0.15) is 24.3 Å². The third kappa shape index (κ3) is 2.94. The van der Waals surface area contributed by atoms with E-state index in [2.05, 4.69) is 34.2 Å². The van der Waals surface area contributed by atoms with Gasteiger partial charge < -0.3 is 14.5 Å². The molecule has 0 aliphatic carbocycles. The van der Waals surface area contributed by atoms with E-state index in [4.69, 9.17) is 9.15 Å². The molecule has 1 atom stereocenters. The average Bonchev–Trinajstić information content (AvgIpc) is 2.81. The molecular formula is C14H16BrNO2. The minimum atomic E-state index is 0.193. The van der Waals surface area contributed by atoms with Crippen molar-refractivity contribution < 1.29 is 9.15 Å². The summed E-state index contributed by atoms with van der Waals surface area (Å²) in [5.74, 6) is 1.80. The molecule has 0 bridgehead atoms. The predicted octanol–water partition coefficient (Wildman–Crippen LogP) is 3.90. The Labute approximate surface area is 115 Å². The van der Waals surface area contributed by atoms with Crippen LogP contribution in [0.3, 0.4) is 0 Å². The van der Waals surface area contributed by atoms with E-state index in [1.165, 1.54) is 0 Å². The maximum absolute atomic E-state index is 5.37. The van der Waals surface area contributed by atoms with E-state index in [1.54, 1.807) is 13.4 Å². The third-order valence-electron chi connectivity index (χ3n) is 2.87. The first-order valence-corrected chi connectivity index (χ1v) is 6.60. The number of hydrogen-bond acceptors (Lipinski definition) is 3. The van der Waals surface area contributed by atoms with Crippen molar-refractivity contribution in [2.75, 3.05) is 7.11 Å². The van der Waals surface area contributed by atoms with Crippen molar-refractivity contribution in [3.8, 4) is 5.75 Å². The van der Waals surface area contributed by atoms with Crippen LogP contribution in [0.5, 0.6) is 5.75 Å². The van der Waals surface area contributed by atoms with E-state index >= 15 is 0 Å². The second kappa shape index (κ2) is 6.07. The van der Waals surface area contributed by atoms with Crippen molar-refractivity contribution in [2.45, 2.75) is 19.5 Å². The molecule has 1 heterocycles. The molecule has 0 amide bonds. The van der Waals surface area contributed by atoms with Gasteiger partial charge in [-0.1, -0.05) is 18.2 Å². The van der Waals surface area contributed by atoms with Gasteiger partial charge in [-0.15, -0.1) is 0 Å². The fourth-order valence-electron chi connectivity index (χ4n) is 1.83. The van der Waals surface area contributed by atoms with Crippen LogP contribution in [-0.2, 0) is 6.54 Å². The highest BCUT2D eigenvalue weighted by atomic mass is 79.9. The van der Waals surface area contributed by atoms with Gasteiger partial charge in [-0.2, -0.15) is 0 Å². The molecule has 1 aromatic heterocycles. The van der Waals surface area contributed by atoms with Gasteiger partial charge in [0.1, 0.15) is 11.5 Å². The van der Waals surface area contributed by atoms with Gasteiger partial charge in [-0.3, -0.25) is 0 Å². The second-order valence-electron chi connectivity index (χ2n) is 4.04. The molecule has 0 saturated heterocycles. The fraction of sp³-hybridized carbons (Fsp3) is 0.286. The van der Waals surface area contributed by atoms with Gasteiger partial charge >= 0.3 is 0 Å². The summed E-state index contributed by atoms with van der Waals surface area (Å²) in [6.07, 6.45) is 1.68. The average molecular weight is 310 g/mol. The molecule has 0 aliphatic rings. The van der Waals surface area contributed by atoms with Crippen LogP contribution in [0.15, 0.2) is 45.5 Å². The standard InChI is InChI=1S/C14H16BrNO2/c1-10(11-5-3-4-6-13(11)17-2)16-9-14-12(15)7-8-18-14/h3-8,10,16H,9H2,1-2H3. The summed E-state index contributed by atoms with van der Waals surface area (Å²) in [5.41, 5.74) is 1.14. The van der Waals surface area contributed by atoms with Gasteiger partial charge in [0.2, 0.25) is 0 Å². The Morgan fingerprint density at radius 2 is 2.11 bits per heavy atom. The number of benzene rings is 1. The van der Waals surface area contributed by atoms with Crippen LogP contribution in [0.25, 0.3) is 0 Å². The quantitative estimate of drug-likeness (QED) is 0.909. The van der Waals surface area contributed by atoms with Crippen molar-refractivity contribution in [2.24, 2.45) is 0 Å². The molecule has 1 unspecified atom stereocenters. The molecule has 0 fully saturated rings. The Bertz CT molecular complexity index is 510. The van der Waals surface area contributed by atoms with Gasteiger partial charge in [-0.05, 0) is 35.0 Å². The van der Waals surface area contributed by atoms with Crippen LogP contribution >= 0.6 is 15.9 Å². The smallest absolute Gasteiger partial charge is 0.131 e. The highest BCUT2D eigenvalue weighted by molar-refractivity contribution is 9.10. The Kier molecular flexibility index (Phi) is 4.44. The van der Waals surface area contributed by atoms with E-state index < -0.39 is 0 Å². The van der Waals surface area contributed by atoms with Crippen LogP contribution in [-0.4, -0.2) is 7.11 Å². The lowest BCUT2D eigenvalue weighted by Crippen LogP contribution is -2.18. The third-order valence-corrected chi connectivity index (χ3v) is 3.57. The lowest BCUT2D eigenvalue weighted by Gasteiger charge is -2.16. The van der Waals surface area contributed by atoms with E-state index in [-0.39, 0.29) is 6.04 Å². The lowest BCUT2D eigenvalue weighted by atomic mass is 10.1. The lowest BCUT2D eigenvalue weighted by molar-refractivity contribution is 0.397. The number of furan rings is 1. The fourth-order valence-corrected chi connectivity index (χ4v) is 2.17. The summed E-state index contributed by atoms with van der Waals surface area (Å²) in [6.45, 7) is 2.78. The molecule has 1 aromatic carbocycles. The maximum atomic E-state index is 5.37. The number of rotatable bonds is 5. The number of halogens is 1. The summed E-state index contributed by atoms with van der Waals surface area (Å²) in [4.78, 5) is 0. The molecule has 2 aromatic rings. The highest BCUT2D eigenvalue weighted by Crippen LogP contribution is 2.25. The first kappa shape index (κ1) is 13.2. The van der Waals surface area contributed by atoms with E-state index in [9.17, 15) is 0 Å². The molecule has 18 heavy (non-hydrogen) atoms. The minimum absolute atomic E-state index is 0.193. The van der Waals surface area contributed by atoms with Gasteiger partial charge in [0, 0.05) is 11.6 Å². The van der Waals surface area contributed by atoms with Crippen LogP contribution in [0.2, 0.25) is 0 Å². The molecular weight excluding hydrogens is 294 g/mol. The number of ether oxygens (including phenoxy) is 1. The zero-order valence-corrected chi connectivity index (χ0v) is 12.0. The highest BCUT2D eigenvalue weighted by Gasteiger charge is 2.11. The molecule has 0 saturated carbocycles. The largest absolute Gasteiger partial charge is 0.496 e. The van der Waals surface area contributed by atoms with E-state index in [0.29, 0.717) is 6.54 Å². The van der Waals surface area contributed by atoms with Gasteiger partial charge in [-0.25, -0.2) is 0 Å². The van der Waals surface area contributed by atoms with Crippen molar-refractivity contribution in [3.05, 3.63) is 52.4 Å². The zero-order valence-electron chi connectivity index (χ0n) is 10.4. The van der Waals surface area contributed by atoms with Crippen molar-refractivity contribution in [3.63, 3.8) is 0 Å². The van der Waals surface area contributed by atoms with Gasteiger partial charge in [0.15, 0.2) is 0 Å². The summed E-state index contributed by atoms with van der Waals surface area (Å²) in [7, 11) is 1.69. The maximum Gasteiger partial charge on any atom is 0.131 e. The molecule has 96 valence electrons.